The third-order valence-corrected chi connectivity index (χ3v) is 4.80. The van der Waals surface area contributed by atoms with Crippen LogP contribution >= 0.6 is 35.4 Å². The minimum absolute atomic E-state index is 0.154. The van der Waals surface area contributed by atoms with Gasteiger partial charge in [0, 0.05) is 16.3 Å². The molecule has 1 amide bonds. The summed E-state index contributed by atoms with van der Waals surface area (Å²) in [4.78, 5) is 12.9. The molecule has 134 valence electrons. The lowest BCUT2D eigenvalue weighted by Gasteiger charge is -2.31. The second kappa shape index (κ2) is 7.61. The van der Waals surface area contributed by atoms with E-state index >= 15 is 0 Å². The smallest absolute Gasteiger partial charge is 0.255 e. The number of thiocarbonyl (C=S) groups is 1. The van der Waals surface area contributed by atoms with Gasteiger partial charge in [-0.05, 0) is 43.4 Å². The molecule has 2 aromatic carbocycles. The highest BCUT2D eigenvalue weighted by Gasteiger charge is 2.33. The first-order valence-electron chi connectivity index (χ1n) is 7.66. The lowest BCUT2D eigenvalue weighted by molar-refractivity contribution is -0.113. The molecular weight excluding hydrogens is 396 g/mol. The summed E-state index contributed by atoms with van der Waals surface area (Å²) >= 11 is 17.5. The molecule has 0 unspecified atom stereocenters. The van der Waals surface area contributed by atoms with Crippen molar-refractivity contribution < 1.29 is 9.18 Å². The quantitative estimate of drug-likeness (QED) is 0.650. The number of benzene rings is 2. The Morgan fingerprint density at radius 2 is 1.85 bits per heavy atom. The number of rotatable bonds is 3. The van der Waals surface area contributed by atoms with E-state index in [1.807, 2.05) is 0 Å². The molecule has 1 aliphatic heterocycles. The first kappa shape index (κ1) is 18.6. The van der Waals surface area contributed by atoms with Crippen molar-refractivity contribution in [1.82, 2.24) is 10.6 Å². The number of carbonyl (C=O) groups excluding carboxylic acids is 1. The van der Waals surface area contributed by atoms with Gasteiger partial charge in [-0.3, -0.25) is 4.79 Å². The summed E-state index contributed by atoms with van der Waals surface area (Å²) in [6, 6.07) is 10.4. The second-order valence-corrected chi connectivity index (χ2v) is 6.86. The van der Waals surface area contributed by atoms with Crippen molar-refractivity contribution in [2.24, 2.45) is 0 Å². The third-order valence-electron chi connectivity index (χ3n) is 3.92. The Hall–Kier alpha value is -2.15. The monoisotopic (exact) mass is 409 g/mol. The van der Waals surface area contributed by atoms with Gasteiger partial charge in [0.2, 0.25) is 0 Å². The number of amides is 1. The maximum absolute atomic E-state index is 14.5. The van der Waals surface area contributed by atoms with Crippen molar-refractivity contribution in [3.8, 4) is 0 Å². The van der Waals surface area contributed by atoms with Crippen LogP contribution in [0.1, 0.15) is 18.5 Å². The summed E-state index contributed by atoms with van der Waals surface area (Å²) in [6.07, 6.45) is 0. The fourth-order valence-electron chi connectivity index (χ4n) is 2.75. The minimum Gasteiger partial charge on any atom is -0.351 e. The summed E-state index contributed by atoms with van der Waals surface area (Å²) < 4.78 is 14.5. The van der Waals surface area contributed by atoms with Crippen LogP contribution in [0.15, 0.2) is 53.7 Å². The molecule has 1 atom stereocenters. The standard InChI is InChI=1S/C18H14Cl2FN3OS/c1-9-14(17(25)23-13-8-3-2-5-10(13)19)16(24-18(26)22-9)15-11(20)6-4-7-12(15)21/h2-8,16H,1H3,(H,23,25)(H2,22,24,26)/t16-/m0/s1. The first-order valence-corrected chi connectivity index (χ1v) is 8.83. The van der Waals surface area contributed by atoms with E-state index in [1.165, 1.54) is 12.1 Å². The van der Waals surface area contributed by atoms with Crippen molar-refractivity contribution in [2.45, 2.75) is 13.0 Å². The second-order valence-electron chi connectivity index (χ2n) is 5.64. The van der Waals surface area contributed by atoms with Crippen LogP contribution in [0.2, 0.25) is 10.0 Å². The van der Waals surface area contributed by atoms with Crippen molar-refractivity contribution in [3.05, 3.63) is 75.2 Å². The molecule has 1 heterocycles. The number of hydrogen-bond donors (Lipinski definition) is 3. The Labute approximate surface area is 165 Å². The topological polar surface area (TPSA) is 53.2 Å². The first-order chi connectivity index (χ1) is 12.4. The maximum atomic E-state index is 14.5. The highest BCUT2D eigenvalue weighted by molar-refractivity contribution is 7.80. The van der Waals surface area contributed by atoms with Crippen molar-refractivity contribution >= 4 is 52.1 Å². The number of allylic oxidation sites excluding steroid dienone is 1. The van der Waals surface area contributed by atoms with Gasteiger partial charge < -0.3 is 16.0 Å². The largest absolute Gasteiger partial charge is 0.351 e. The normalized spacial score (nSPS) is 16.8. The summed E-state index contributed by atoms with van der Waals surface area (Å²) in [5, 5.41) is 9.43. The SMILES string of the molecule is CC1=C(C(=O)Nc2ccccc2Cl)[C@@H](c2c(F)cccc2Cl)NC(=S)N1. The number of nitrogens with one attached hydrogen (secondary N) is 3. The zero-order valence-corrected chi connectivity index (χ0v) is 15.9. The van der Waals surface area contributed by atoms with Crippen molar-refractivity contribution in [1.29, 1.82) is 0 Å². The van der Waals surface area contributed by atoms with Gasteiger partial charge in [-0.25, -0.2) is 4.39 Å². The van der Waals surface area contributed by atoms with E-state index in [0.29, 0.717) is 16.4 Å². The van der Waals surface area contributed by atoms with Gasteiger partial charge in [0.15, 0.2) is 5.11 Å². The number of hydrogen-bond acceptors (Lipinski definition) is 2. The molecule has 0 radical (unpaired) electrons. The van der Waals surface area contributed by atoms with Crippen LogP contribution in [-0.4, -0.2) is 11.0 Å². The van der Waals surface area contributed by atoms with E-state index in [9.17, 15) is 9.18 Å². The van der Waals surface area contributed by atoms with E-state index in [2.05, 4.69) is 16.0 Å². The Morgan fingerprint density at radius 3 is 2.54 bits per heavy atom. The van der Waals surface area contributed by atoms with Gasteiger partial charge in [-0.1, -0.05) is 41.4 Å². The highest BCUT2D eigenvalue weighted by Crippen LogP contribution is 2.34. The van der Waals surface area contributed by atoms with Gasteiger partial charge in [0.1, 0.15) is 5.82 Å². The van der Waals surface area contributed by atoms with Gasteiger partial charge in [0.05, 0.1) is 22.3 Å². The zero-order chi connectivity index (χ0) is 18.8. The Balaban J connectivity index is 2.04. The minimum atomic E-state index is -0.833. The van der Waals surface area contributed by atoms with Crippen LogP contribution in [0.4, 0.5) is 10.1 Å². The third kappa shape index (κ3) is 3.67. The molecule has 4 nitrogen and oxygen atoms in total. The number of halogens is 3. The van der Waals surface area contributed by atoms with Gasteiger partial charge >= 0.3 is 0 Å². The molecule has 1 aliphatic rings. The lowest BCUT2D eigenvalue weighted by atomic mass is 9.94. The molecule has 3 rings (SSSR count). The molecule has 0 saturated heterocycles. The predicted octanol–water partition coefficient (Wildman–Crippen LogP) is 4.56. The average Bonchev–Trinajstić information content (AvgIpc) is 2.56. The molecular formula is C18H14Cl2FN3OS. The number of carbonyl (C=O) groups is 1. The fraction of sp³-hybridized carbons (Fsp3) is 0.111. The number of anilines is 1. The van der Waals surface area contributed by atoms with Crippen molar-refractivity contribution in [2.75, 3.05) is 5.32 Å². The van der Waals surface area contributed by atoms with Crippen LogP contribution in [0.5, 0.6) is 0 Å². The molecule has 0 fully saturated rings. The molecule has 26 heavy (non-hydrogen) atoms. The number of para-hydroxylation sites is 1. The molecule has 0 bridgehead atoms. The predicted molar refractivity (Wildman–Crippen MR) is 106 cm³/mol. The maximum Gasteiger partial charge on any atom is 0.255 e. The van der Waals surface area contributed by atoms with Gasteiger partial charge in [-0.2, -0.15) is 0 Å². The summed E-state index contributed by atoms with van der Waals surface area (Å²) in [6.45, 7) is 1.69. The summed E-state index contributed by atoms with van der Waals surface area (Å²) in [5.74, 6) is -0.974. The van der Waals surface area contributed by atoms with Crippen LogP contribution in [0.3, 0.4) is 0 Å². The van der Waals surface area contributed by atoms with Crippen LogP contribution in [0.25, 0.3) is 0 Å². The lowest BCUT2D eigenvalue weighted by Crippen LogP contribution is -2.46. The Morgan fingerprint density at radius 1 is 1.15 bits per heavy atom. The van der Waals surface area contributed by atoms with Crippen molar-refractivity contribution in [3.63, 3.8) is 0 Å². The molecule has 0 aromatic heterocycles. The average molecular weight is 410 g/mol. The molecule has 0 saturated carbocycles. The Kier molecular flexibility index (Phi) is 5.46. The van der Waals surface area contributed by atoms with E-state index in [0.717, 1.165) is 0 Å². The summed E-state index contributed by atoms with van der Waals surface area (Å²) in [7, 11) is 0. The van der Waals surface area contributed by atoms with E-state index < -0.39 is 17.8 Å². The van der Waals surface area contributed by atoms with Crippen LogP contribution < -0.4 is 16.0 Å². The van der Waals surface area contributed by atoms with Crippen LogP contribution in [-0.2, 0) is 4.79 Å². The highest BCUT2D eigenvalue weighted by atomic mass is 35.5. The van der Waals surface area contributed by atoms with Crippen LogP contribution in [0, 0.1) is 5.82 Å². The molecule has 2 aromatic rings. The molecule has 0 aliphatic carbocycles. The zero-order valence-electron chi connectivity index (χ0n) is 13.6. The molecule has 0 spiro atoms. The molecule has 8 heteroatoms. The molecule has 3 N–H and O–H groups in total. The fourth-order valence-corrected chi connectivity index (χ4v) is 3.48. The van der Waals surface area contributed by atoms with Gasteiger partial charge in [0.25, 0.3) is 5.91 Å². The van der Waals surface area contributed by atoms with E-state index in [-0.39, 0.29) is 21.3 Å². The summed E-state index contributed by atoms with van der Waals surface area (Å²) in [5.41, 5.74) is 1.38. The van der Waals surface area contributed by atoms with Gasteiger partial charge in [-0.15, -0.1) is 0 Å². The van der Waals surface area contributed by atoms with E-state index in [4.69, 9.17) is 35.4 Å². The Bertz CT molecular complexity index is 912. The van der Waals surface area contributed by atoms with E-state index in [1.54, 1.807) is 37.3 Å².